The van der Waals surface area contributed by atoms with Gasteiger partial charge < -0.3 is 57.3 Å². The molecule has 20 heteroatoms. The van der Waals surface area contributed by atoms with Crippen LogP contribution in [0.25, 0.3) is 0 Å². The van der Waals surface area contributed by atoms with Gasteiger partial charge in [0, 0.05) is 18.9 Å². The van der Waals surface area contributed by atoms with Crippen LogP contribution in [0.3, 0.4) is 0 Å². The van der Waals surface area contributed by atoms with Crippen molar-refractivity contribution in [2.45, 2.75) is 129 Å². The molecular formula is C46H61N7O13. The predicted molar refractivity (Wildman–Crippen MR) is 239 cm³/mol. The Morgan fingerprint density at radius 1 is 0.773 bits per heavy atom. The van der Waals surface area contributed by atoms with Gasteiger partial charge in [-0.25, -0.2) is 4.79 Å². The molecule has 0 spiro atoms. The molecule has 1 unspecified atom stereocenters. The molecule has 1 aliphatic rings. The third-order valence-corrected chi connectivity index (χ3v) is 10.3. The summed E-state index contributed by atoms with van der Waals surface area (Å²) in [5.41, 5.74) is 1.56. The summed E-state index contributed by atoms with van der Waals surface area (Å²) in [5.74, 6) is -9.00. The van der Waals surface area contributed by atoms with E-state index in [1.807, 2.05) is 0 Å². The Bertz CT molecular complexity index is 2150. The molecule has 7 amide bonds. The molecule has 1 saturated heterocycles. The Kier molecular flexibility index (Phi) is 20.3. The minimum Gasteiger partial charge on any atom is -0.508 e. The average Bonchev–Trinajstić information content (AvgIpc) is 3.24. The van der Waals surface area contributed by atoms with E-state index < -0.39 is 114 Å². The summed E-state index contributed by atoms with van der Waals surface area (Å²) in [6.07, 6.45) is 0.354. The molecule has 10 N–H and O–H groups in total. The van der Waals surface area contributed by atoms with Crippen LogP contribution in [-0.2, 0) is 60.7 Å². The molecule has 7 atom stereocenters. The number of rotatable bonds is 16. The second kappa shape index (κ2) is 25.3. The molecule has 66 heavy (non-hydrogen) atoms. The Morgan fingerprint density at radius 3 is 1.94 bits per heavy atom. The number of esters is 1. The lowest BCUT2D eigenvalue weighted by Gasteiger charge is -2.30. The largest absolute Gasteiger partial charge is 0.508 e. The van der Waals surface area contributed by atoms with Gasteiger partial charge >= 0.3 is 11.9 Å². The molecule has 2 aromatic rings. The first kappa shape index (κ1) is 53.1. The van der Waals surface area contributed by atoms with Crippen molar-refractivity contribution in [2.75, 3.05) is 0 Å². The third kappa shape index (κ3) is 17.0. The number of nitrogens with one attached hydrogen (secondary N) is 7. The molecule has 1 heterocycles. The maximum Gasteiger partial charge on any atom is 0.328 e. The highest BCUT2D eigenvalue weighted by Crippen LogP contribution is 2.16. The number of hydrogen-bond donors (Lipinski definition) is 10. The summed E-state index contributed by atoms with van der Waals surface area (Å²) >= 11 is 0. The summed E-state index contributed by atoms with van der Waals surface area (Å²) < 4.78 is 5.78. The molecule has 0 bridgehead atoms. The van der Waals surface area contributed by atoms with Crippen LogP contribution >= 0.6 is 0 Å². The predicted octanol–water partition coefficient (Wildman–Crippen LogP) is 1.04. The van der Waals surface area contributed by atoms with Gasteiger partial charge in [0.2, 0.25) is 35.4 Å². The Labute approximate surface area is 382 Å². The van der Waals surface area contributed by atoms with E-state index in [4.69, 9.17) is 4.74 Å². The smallest absolute Gasteiger partial charge is 0.328 e. The molecule has 2 aromatic carbocycles. The van der Waals surface area contributed by atoms with Crippen molar-refractivity contribution in [3.8, 4) is 11.5 Å². The van der Waals surface area contributed by atoms with E-state index in [0.717, 1.165) is 5.56 Å². The van der Waals surface area contributed by atoms with Crippen LogP contribution in [0, 0.1) is 5.92 Å². The van der Waals surface area contributed by atoms with Crippen LogP contribution in [0.1, 0.15) is 85.3 Å². The lowest BCUT2D eigenvalue weighted by molar-refractivity contribution is -0.156. The monoisotopic (exact) mass is 919 g/mol. The lowest BCUT2D eigenvalue weighted by Crippen LogP contribution is -2.62. The maximum absolute atomic E-state index is 14.4. The van der Waals surface area contributed by atoms with E-state index in [9.17, 15) is 58.5 Å². The topological polar surface area (TPSA) is 308 Å². The number of ether oxygens (including phenoxy) is 1. The first-order valence-electron chi connectivity index (χ1n) is 21.5. The number of benzene rings is 2. The molecule has 1 aliphatic heterocycles. The number of aromatic hydroxyl groups is 2. The molecule has 3 rings (SSSR count). The summed E-state index contributed by atoms with van der Waals surface area (Å²) in [4.78, 5) is 121. The summed E-state index contributed by atoms with van der Waals surface area (Å²) in [7, 11) is 0. The number of amides is 7. The number of carboxylic acid groups (broad SMARTS) is 1. The van der Waals surface area contributed by atoms with E-state index in [0.29, 0.717) is 17.6 Å². The highest BCUT2D eigenvalue weighted by molar-refractivity contribution is 6.02. The molecule has 1 fully saturated rings. The van der Waals surface area contributed by atoms with Gasteiger partial charge in [-0.1, -0.05) is 49.8 Å². The minimum atomic E-state index is -1.77. The van der Waals surface area contributed by atoms with Crippen LogP contribution in [0.15, 0.2) is 72.0 Å². The number of aryl methyl sites for hydroxylation is 1. The number of carbonyl (C=O) groups excluding carboxylic acids is 8. The third-order valence-electron chi connectivity index (χ3n) is 10.3. The zero-order chi connectivity index (χ0) is 49.2. The van der Waals surface area contributed by atoms with Gasteiger partial charge in [-0.05, 0) is 102 Å². The quantitative estimate of drug-likeness (QED) is 0.0833. The number of carboxylic acids is 1. The van der Waals surface area contributed by atoms with Crippen LogP contribution in [0.2, 0.25) is 0 Å². The number of cyclic esters (lactones) is 1. The van der Waals surface area contributed by atoms with Gasteiger partial charge in [0.15, 0.2) is 0 Å². The highest BCUT2D eigenvalue weighted by atomic mass is 16.5. The van der Waals surface area contributed by atoms with Gasteiger partial charge in [0.25, 0.3) is 5.91 Å². The van der Waals surface area contributed by atoms with Crippen LogP contribution < -0.4 is 37.2 Å². The number of hydrogen-bond acceptors (Lipinski definition) is 12. The second-order valence-electron chi connectivity index (χ2n) is 16.5. The van der Waals surface area contributed by atoms with Crippen molar-refractivity contribution in [1.82, 2.24) is 37.2 Å². The first-order chi connectivity index (χ1) is 31.1. The van der Waals surface area contributed by atoms with E-state index in [1.54, 1.807) is 39.8 Å². The number of allylic oxidation sites excluding steroid dienone is 2. The van der Waals surface area contributed by atoms with Crippen molar-refractivity contribution >= 4 is 53.3 Å². The van der Waals surface area contributed by atoms with Gasteiger partial charge in [-0.3, -0.25) is 38.4 Å². The van der Waals surface area contributed by atoms with Crippen LogP contribution in [0.4, 0.5) is 0 Å². The van der Waals surface area contributed by atoms with Crippen molar-refractivity contribution in [1.29, 1.82) is 0 Å². The van der Waals surface area contributed by atoms with Crippen molar-refractivity contribution in [2.24, 2.45) is 5.92 Å². The van der Waals surface area contributed by atoms with Crippen molar-refractivity contribution in [3.63, 3.8) is 0 Å². The summed E-state index contributed by atoms with van der Waals surface area (Å²) in [5, 5.41) is 46.7. The molecular weight excluding hydrogens is 859 g/mol. The van der Waals surface area contributed by atoms with Gasteiger partial charge in [0.1, 0.15) is 59.6 Å². The Hall–Kier alpha value is -7.25. The van der Waals surface area contributed by atoms with Crippen molar-refractivity contribution in [3.05, 3.63) is 83.1 Å². The summed E-state index contributed by atoms with van der Waals surface area (Å²) in [6.45, 7) is 10.7. The molecule has 20 nitrogen and oxygen atoms in total. The normalized spacial score (nSPS) is 21.2. The van der Waals surface area contributed by atoms with E-state index in [1.165, 1.54) is 69.3 Å². The number of phenolic OH excluding ortho intramolecular Hbond substituents is 2. The Balaban J connectivity index is 2.07. The Morgan fingerprint density at radius 2 is 1.38 bits per heavy atom. The van der Waals surface area contributed by atoms with E-state index in [2.05, 4.69) is 37.2 Å². The minimum absolute atomic E-state index is 0.0359. The zero-order valence-corrected chi connectivity index (χ0v) is 38.1. The standard InChI is InChI=1S/C46H61N7O13/c1-8-32-41(60)49-33(20-21-37(57)58)42(61)50-34(11-9-10-28-12-16-30(54)17-13-28)46(65)66-27(7)39(45(64)47-26(6)40(59)48-32)53-43(62)35(23-29-14-18-31(55)19-15-29)51-44(63)38(25(4)5)52-36(56)22-24(2)3/h8,12-19,22,25-27,33-35,38-39,54-55H,9-11,20-21,23H2,1-7H3,(H,47,64)(H,48,59)(H,49,60)(H,50,61)(H,51,63)(H,52,56)(H,53,62)(H,57,58)/b32-8+/t26-,27+,33+,34-,35-,38-,39?/m0/s1. The van der Waals surface area contributed by atoms with Crippen LogP contribution in [0.5, 0.6) is 11.5 Å². The molecule has 0 saturated carbocycles. The number of aliphatic carboxylic acids is 1. The van der Waals surface area contributed by atoms with E-state index >= 15 is 0 Å². The first-order valence-corrected chi connectivity index (χ1v) is 21.5. The van der Waals surface area contributed by atoms with Gasteiger partial charge in [-0.15, -0.1) is 0 Å². The van der Waals surface area contributed by atoms with Crippen molar-refractivity contribution < 1.29 is 63.2 Å². The lowest BCUT2D eigenvalue weighted by atomic mass is 10.00. The average molecular weight is 920 g/mol. The molecule has 358 valence electrons. The maximum atomic E-state index is 14.4. The van der Waals surface area contributed by atoms with Crippen LogP contribution in [-0.4, -0.2) is 111 Å². The fourth-order valence-electron chi connectivity index (χ4n) is 6.65. The fraction of sp³-hybridized carbons (Fsp3) is 0.457. The second-order valence-corrected chi connectivity index (χ2v) is 16.5. The molecule has 0 aliphatic carbocycles. The number of phenols is 2. The van der Waals surface area contributed by atoms with Gasteiger partial charge in [-0.2, -0.15) is 0 Å². The highest BCUT2D eigenvalue weighted by Gasteiger charge is 2.38. The number of carbonyl (C=O) groups is 9. The molecule has 0 aromatic heterocycles. The molecule has 0 radical (unpaired) electrons. The zero-order valence-electron chi connectivity index (χ0n) is 38.1. The van der Waals surface area contributed by atoms with E-state index in [-0.39, 0.29) is 36.5 Å². The fourth-order valence-corrected chi connectivity index (χ4v) is 6.65. The summed E-state index contributed by atoms with van der Waals surface area (Å²) in [6, 6.07) is 3.29. The van der Waals surface area contributed by atoms with Gasteiger partial charge in [0.05, 0.1) is 0 Å². The SMILES string of the molecule is C/C=C1/NC(=O)[C@H](C)NC(=O)C(NC(=O)[C@H](Cc2ccc(O)cc2)NC(=O)[C@@H](NC(=O)C=C(C)C)C(C)C)[C@@H](C)OC(=O)[C@H](CCCc2ccc(O)cc2)NC(=O)[C@@H](CCC(=O)O)NC1=O.